The lowest BCUT2D eigenvalue weighted by atomic mass is 10.1. The fraction of sp³-hybridized carbons (Fsp3) is 0.143. The summed E-state index contributed by atoms with van der Waals surface area (Å²) in [4.78, 5) is 17.5. The zero-order chi connectivity index (χ0) is 19.0. The molecule has 0 amide bonds. The molecule has 0 unspecified atom stereocenters. The molecule has 0 atom stereocenters. The van der Waals surface area contributed by atoms with Crippen LogP contribution in [0.1, 0.15) is 12.6 Å². The van der Waals surface area contributed by atoms with Crippen molar-refractivity contribution in [2.24, 2.45) is 0 Å². The van der Waals surface area contributed by atoms with E-state index < -0.39 is 0 Å². The van der Waals surface area contributed by atoms with Crippen LogP contribution in [-0.4, -0.2) is 21.2 Å². The van der Waals surface area contributed by atoms with Crippen LogP contribution in [0.25, 0.3) is 28.0 Å². The standard InChI is InChI=1S/C21H18BrN3O2/c1-3-27-17-6-4-5-15(11-17)18-12-19(26)25-21(23-18)20(13(2)24-25)14-7-9-16(22)10-8-14/h4-12,24H,3H2,1-2H3. The zero-order valence-corrected chi connectivity index (χ0v) is 16.6. The number of benzene rings is 2. The van der Waals surface area contributed by atoms with Crippen molar-refractivity contribution in [2.75, 3.05) is 6.61 Å². The van der Waals surface area contributed by atoms with E-state index in [1.54, 1.807) is 6.07 Å². The normalized spacial score (nSPS) is 11.1. The van der Waals surface area contributed by atoms with Crippen molar-refractivity contribution in [2.45, 2.75) is 13.8 Å². The summed E-state index contributed by atoms with van der Waals surface area (Å²) in [5, 5.41) is 3.12. The Morgan fingerprint density at radius 1 is 1.11 bits per heavy atom. The molecule has 0 saturated carbocycles. The number of hydrogen-bond donors (Lipinski definition) is 1. The van der Waals surface area contributed by atoms with Crippen LogP contribution in [-0.2, 0) is 0 Å². The summed E-state index contributed by atoms with van der Waals surface area (Å²) in [5.74, 6) is 0.760. The van der Waals surface area contributed by atoms with E-state index >= 15 is 0 Å². The molecule has 0 saturated heterocycles. The number of nitrogens with one attached hydrogen (secondary N) is 1. The van der Waals surface area contributed by atoms with Gasteiger partial charge in [-0.2, -0.15) is 0 Å². The third kappa shape index (κ3) is 3.28. The second-order valence-corrected chi connectivity index (χ2v) is 7.13. The van der Waals surface area contributed by atoms with Crippen LogP contribution in [0.4, 0.5) is 0 Å². The SMILES string of the molecule is CCOc1cccc(-c2cc(=O)n3[nH]c(C)c(-c4ccc(Br)cc4)c3n2)c1. The van der Waals surface area contributed by atoms with Crippen LogP contribution >= 0.6 is 15.9 Å². The highest BCUT2D eigenvalue weighted by Gasteiger charge is 2.15. The first-order valence-corrected chi connectivity index (χ1v) is 9.47. The van der Waals surface area contributed by atoms with E-state index in [-0.39, 0.29) is 5.56 Å². The predicted molar refractivity (Wildman–Crippen MR) is 110 cm³/mol. The first-order valence-electron chi connectivity index (χ1n) is 8.68. The average Bonchev–Trinajstić information content (AvgIpc) is 3.00. The maximum Gasteiger partial charge on any atom is 0.273 e. The Morgan fingerprint density at radius 3 is 2.63 bits per heavy atom. The van der Waals surface area contributed by atoms with Crippen molar-refractivity contribution in [3.63, 3.8) is 0 Å². The van der Waals surface area contributed by atoms with Gasteiger partial charge in [-0.3, -0.25) is 9.89 Å². The molecule has 0 aliphatic rings. The summed E-state index contributed by atoms with van der Waals surface area (Å²) in [6, 6.07) is 17.1. The molecule has 2 aromatic carbocycles. The van der Waals surface area contributed by atoms with Crippen molar-refractivity contribution in [3.05, 3.63) is 75.1 Å². The lowest BCUT2D eigenvalue weighted by Crippen LogP contribution is -2.14. The van der Waals surface area contributed by atoms with E-state index in [0.29, 0.717) is 17.9 Å². The first-order chi connectivity index (χ1) is 13.1. The fourth-order valence-electron chi connectivity index (χ4n) is 3.17. The topological polar surface area (TPSA) is 59.4 Å². The maximum absolute atomic E-state index is 12.7. The zero-order valence-electron chi connectivity index (χ0n) is 15.0. The Bertz CT molecular complexity index is 1180. The summed E-state index contributed by atoms with van der Waals surface area (Å²) in [6.07, 6.45) is 0. The van der Waals surface area contributed by atoms with E-state index in [9.17, 15) is 4.79 Å². The first kappa shape index (κ1) is 17.5. The van der Waals surface area contributed by atoms with Crippen LogP contribution in [0.2, 0.25) is 0 Å². The molecule has 0 radical (unpaired) electrons. The Labute approximate surface area is 164 Å². The lowest BCUT2D eigenvalue weighted by molar-refractivity contribution is 0.340. The number of rotatable bonds is 4. The molecule has 2 aromatic heterocycles. The van der Waals surface area contributed by atoms with Gasteiger partial charge < -0.3 is 4.74 Å². The van der Waals surface area contributed by atoms with E-state index in [1.807, 2.05) is 62.4 Å². The largest absolute Gasteiger partial charge is 0.494 e. The van der Waals surface area contributed by atoms with Crippen LogP contribution in [0.5, 0.6) is 5.75 Å². The molecule has 0 bridgehead atoms. The molecule has 0 fully saturated rings. The average molecular weight is 424 g/mol. The van der Waals surface area contributed by atoms with Gasteiger partial charge in [0.2, 0.25) is 0 Å². The minimum absolute atomic E-state index is 0.150. The van der Waals surface area contributed by atoms with Gasteiger partial charge in [0, 0.05) is 27.4 Å². The fourth-order valence-corrected chi connectivity index (χ4v) is 3.44. The van der Waals surface area contributed by atoms with E-state index in [2.05, 4.69) is 21.0 Å². The van der Waals surface area contributed by atoms with Crippen LogP contribution < -0.4 is 10.3 Å². The van der Waals surface area contributed by atoms with Crippen molar-refractivity contribution in [3.8, 4) is 28.1 Å². The third-order valence-electron chi connectivity index (χ3n) is 4.37. The number of halogens is 1. The van der Waals surface area contributed by atoms with Gasteiger partial charge in [-0.15, -0.1) is 0 Å². The third-order valence-corrected chi connectivity index (χ3v) is 4.90. The molecule has 136 valence electrons. The van der Waals surface area contributed by atoms with Gasteiger partial charge in [0.05, 0.1) is 12.3 Å². The molecule has 4 aromatic rings. The Balaban J connectivity index is 1.92. The number of H-pyrrole nitrogens is 1. The Hall–Kier alpha value is -2.86. The molecule has 0 aliphatic heterocycles. The van der Waals surface area contributed by atoms with Crippen LogP contribution in [0, 0.1) is 6.92 Å². The van der Waals surface area contributed by atoms with Gasteiger partial charge in [-0.1, -0.05) is 40.2 Å². The minimum Gasteiger partial charge on any atom is -0.494 e. The van der Waals surface area contributed by atoms with Gasteiger partial charge in [-0.25, -0.2) is 9.50 Å². The smallest absolute Gasteiger partial charge is 0.273 e. The van der Waals surface area contributed by atoms with Gasteiger partial charge in [0.15, 0.2) is 5.65 Å². The van der Waals surface area contributed by atoms with Gasteiger partial charge in [0.25, 0.3) is 5.56 Å². The highest BCUT2D eigenvalue weighted by atomic mass is 79.9. The predicted octanol–water partition coefficient (Wildman–Crippen LogP) is 4.83. The lowest BCUT2D eigenvalue weighted by Gasteiger charge is -2.07. The van der Waals surface area contributed by atoms with Gasteiger partial charge >= 0.3 is 0 Å². The molecule has 5 nitrogen and oxygen atoms in total. The van der Waals surface area contributed by atoms with Gasteiger partial charge in [0.1, 0.15) is 5.75 Å². The van der Waals surface area contributed by atoms with Crippen molar-refractivity contribution >= 4 is 21.6 Å². The summed E-state index contributed by atoms with van der Waals surface area (Å²) in [6.45, 7) is 4.47. The molecule has 2 heterocycles. The van der Waals surface area contributed by atoms with Crippen LogP contribution in [0.3, 0.4) is 0 Å². The van der Waals surface area contributed by atoms with E-state index in [1.165, 1.54) is 4.52 Å². The summed E-state index contributed by atoms with van der Waals surface area (Å²) in [7, 11) is 0. The second-order valence-electron chi connectivity index (χ2n) is 6.22. The number of fused-ring (bicyclic) bond motifs is 1. The summed E-state index contributed by atoms with van der Waals surface area (Å²) in [5.41, 5.74) is 4.74. The second kappa shape index (κ2) is 7.04. The van der Waals surface area contributed by atoms with Crippen molar-refractivity contribution < 1.29 is 4.74 Å². The highest BCUT2D eigenvalue weighted by Crippen LogP contribution is 2.29. The number of aromatic nitrogens is 3. The summed E-state index contributed by atoms with van der Waals surface area (Å²) >= 11 is 3.46. The maximum atomic E-state index is 12.7. The monoisotopic (exact) mass is 423 g/mol. The molecule has 4 rings (SSSR count). The van der Waals surface area contributed by atoms with Gasteiger partial charge in [-0.05, 0) is 43.7 Å². The minimum atomic E-state index is -0.150. The number of nitrogens with zero attached hydrogens (tertiary/aromatic N) is 2. The Morgan fingerprint density at radius 2 is 1.89 bits per heavy atom. The number of hydrogen-bond acceptors (Lipinski definition) is 3. The molecular weight excluding hydrogens is 406 g/mol. The number of aryl methyl sites for hydroxylation is 1. The molecule has 1 N–H and O–H groups in total. The van der Waals surface area contributed by atoms with Crippen LogP contribution in [0.15, 0.2) is 63.9 Å². The van der Waals surface area contributed by atoms with E-state index in [0.717, 1.165) is 32.6 Å². The number of aromatic amines is 1. The Kier molecular flexibility index (Phi) is 4.58. The highest BCUT2D eigenvalue weighted by molar-refractivity contribution is 9.10. The molecule has 0 aliphatic carbocycles. The van der Waals surface area contributed by atoms with E-state index in [4.69, 9.17) is 9.72 Å². The number of ether oxygens (including phenoxy) is 1. The molecule has 6 heteroatoms. The van der Waals surface area contributed by atoms with Crippen molar-refractivity contribution in [1.82, 2.24) is 14.6 Å². The molecule has 0 spiro atoms. The summed E-state index contributed by atoms with van der Waals surface area (Å²) < 4.78 is 8.06. The molecular formula is C21H18BrN3O2. The van der Waals surface area contributed by atoms with Crippen molar-refractivity contribution in [1.29, 1.82) is 0 Å². The molecule has 27 heavy (non-hydrogen) atoms. The quantitative estimate of drug-likeness (QED) is 0.511.